The molecule has 0 atom stereocenters. The van der Waals surface area contributed by atoms with Crippen molar-refractivity contribution in [2.45, 2.75) is 19.9 Å². The number of nitrogens with one attached hydrogen (secondary N) is 1. The molecule has 104 valence electrons. The molecule has 5 nitrogen and oxygen atoms in total. The lowest BCUT2D eigenvalue weighted by atomic mass is 10.2. The third-order valence-corrected chi connectivity index (χ3v) is 3.83. The van der Waals surface area contributed by atoms with Crippen molar-refractivity contribution in [2.24, 2.45) is 0 Å². The Bertz CT molecular complexity index is 620. The van der Waals surface area contributed by atoms with Gasteiger partial charge < -0.3 is 10.4 Å². The van der Waals surface area contributed by atoms with Gasteiger partial charge in [0.2, 0.25) is 0 Å². The first-order chi connectivity index (χ1) is 9.61. The molecule has 0 aliphatic rings. The molecule has 0 saturated carbocycles. The molecule has 0 unspecified atom stereocenters. The highest BCUT2D eigenvalue weighted by molar-refractivity contribution is 7.10. The van der Waals surface area contributed by atoms with E-state index in [0.717, 1.165) is 11.3 Å². The fraction of sp³-hybridized carbons (Fsp3) is 0.214. The van der Waals surface area contributed by atoms with Crippen molar-refractivity contribution in [3.8, 4) is 0 Å². The summed E-state index contributed by atoms with van der Waals surface area (Å²) in [4.78, 5) is 27.6. The van der Waals surface area contributed by atoms with Crippen molar-refractivity contribution in [3.63, 3.8) is 0 Å². The molecule has 2 aromatic heterocycles. The number of carboxylic acid groups (broad SMARTS) is 1. The van der Waals surface area contributed by atoms with E-state index in [1.807, 2.05) is 11.4 Å². The Hall–Kier alpha value is -2.21. The third-order valence-electron chi connectivity index (χ3n) is 2.87. The maximum atomic E-state index is 11.9. The zero-order valence-corrected chi connectivity index (χ0v) is 11.7. The minimum atomic E-state index is -1.06. The smallest absolute Gasteiger partial charge is 0.337 e. The second kappa shape index (κ2) is 6.29. The summed E-state index contributed by atoms with van der Waals surface area (Å²) >= 11 is 1.60. The maximum absolute atomic E-state index is 11.9. The fourth-order valence-electron chi connectivity index (χ4n) is 1.74. The van der Waals surface area contributed by atoms with Crippen molar-refractivity contribution in [3.05, 3.63) is 51.5 Å². The van der Waals surface area contributed by atoms with Crippen LogP contribution in [0.4, 0.5) is 0 Å². The van der Waals surface area contributed by atoms with Crippen LogP contribution >= 0.6 is 11.3 Å². The van der Waals surface area contributed by atoms with Crippen molar-refractivity contribution < 1.29 is 14.7 Å². The highest BCUT2D eigenvalue weighted by atomic mass is 32.1. The summed E-state index contributed by atoms with van der Waals surface area (Å²) in [5.74, 6) is -1.37. The monoisotopic (exact) mass is 290 g/mol. The van der Waals surface area contributed by atoms with Crippen LogP contribution in [0.1, 0.15) is 38.2 Å². The summed E-state index contributed by atoms with van der Waals surface area (Å²) in [7, 11) is 0. The summed E-state index contributed by atoms with van der Waals surface area (Å²) in [6.45, 7) is 2.53. The molecule has 6 heteroatoms. The van der Waals surface area contributed by atoms with Gasteiger partial charge in [-0.05, 0) is 35.6 Å². The number of hydrogen-bond acceptors (Lipinski definition) is 4. The van der Waals surface area contributed by atoms with Gasteiger partial charge in [-0.1, -0.05) is 6.92 Å². The van der Waals surface area contributed by atoms with Gasteiger partial charge >= 0.3 is 5.97 Å². The Labute approximate surface area is 120 Å². The van der Waals surface area contributed by atoms with Crippen molar-refractivity contribution in [1.29, 1.82) is 0 Å². The number of carbonyl (C=O) groups is 2. The van der Waals surface area contributed by atoms with Crippen LogP contribution in [0.5, 0.6) is 0 Å². The molecule has 2 aromatic rings. The van der Waals surface area contributed by atoms with Crippen LogP contribution in [0.15, 0.2) is 29.8 Å². The molecule has 1 amide bonds. The fourth-order valence-corrected chi connectivity index (χ4v) is 2.66. The van der Waals surface area contributed by atoms with Gasteiger partial charge in [-0.2, -0.15) is 0 Å². The van der Waals surface area contributed by atoms with E-state index in [2.05, 4.69) is 17.2 Å². The molecule has 0 radical (unpaired) electrons. The molecule has 0 fully saturated rings. The van der Waals surface area contributed by atoms with Gasteiger partial charge in [0.1, 0.15) is 5.69 Å². The van der Waals surface area contributed by atoms with Gasteiger partial charge in [-0.3, -0.25) is 9.78 Å². The van der Waals surface area contributed by atoms with Crippen LogP contribution in [0.2, 0.25) is 0 Å². The average molecular weight is 290 g/mol. The summed E-state index contributed by atoms with van der Waals surface area (Å²) in [6.07, 6.45) is 2.11. The van der Waals surface area contributed by atoms with E-state index in [0.29, 0.717) is 6.54 Å². The molecule has 0 spiro atoms. The van der Waals surface area contributed by atoms with Gasteiger partial charge in [-0.15, -0.1) is 11.3 Å². The molecule has 20 heavy (non-hydrogen) atoms. The lowest BCUT2D eigenvalue weighted by Gasteiger charge is -2.05. The Balaban J connectivity index is 2.00. The molecule has 0 aliphatic heterocycles. The van der Waals surface area contributed by atoms with E-state index < -0.39 is 5.97 Å². The van der Waals surface area contributed by atoms with E-state index in [9.17, 15) is 9.59 Å². The van der Waals surface area contributed by atoms with Crippen LogP contribution in [0.25, 0.3) is 0 Å². The van der Waals surface area contributed by atoms with Crippen LogP contribution in [-0.4, -0.2) is 22.0 Å². The molecule has 0 bridgehead atoms. The number of nitrogens with zero attached hydrogens (tertiary/aromatic N) is 1. The Morgan fingerprint density at radius 3 is 2.75 bits per heavy atom. The van der Waals surface area contributed by atoms with E-state index in [1.165, 1.54) is 23.9 Å². The van der Waals surface area contributed by atoms with Gasteiger partial charge in [0.05, 0.1) is 12.1 Å². The summed E-state index contributed by atoms with van der Waals surface area (Å²) in [5.41, 5.74) is 1.50. The molecular formula is C14H14N2O3S. The van der Waals surface area contributed by atoms with Crippen molar-refractivity contribution in [2.75, 3.05) is 0 Å². The molecule has 2 heterocycles. The van der Waals surface area contributed by atoms with Crippen LogP contribution < -0.4 is 5.32 Å². The lowest BCUT2D eigenvalue weighted by Crippen LogP contribution is -2.23. The van der Waals surface area contributed by atoms with Gasteiger partial charge in [0.15, 0.2) is 0 Å². The minimum absolute atomic E-state index is 0.0630. The average Bonchev–Trinajstić information content (AvgIpc) is 2.92. The summed E-state index contributed by atoms with van der Waals surface area (Å²) in [6, 6.07) is 4.83. The first-order valence-electron chi connectivity index (χ1n) is 6.14. The SMILES string of the molecule is CCc1ccsc1CNC(=O)c1ccc(C(=O)O)cn1. The first-order valence-corrected chi connectivity index (χ1v) is 7.02. The predicted molar refractivity (Wildman–Crippen MR) is 76.1 cm³/mol. The van der Waals surface area contributed by atoms with Crippen molar-refractivity contribution in [1.82, 2.24) is 10.3 Å². The number of aromatic nitrogens is 1. The van der Waals surface area contributed by atoms with Gasteiger partial charge in [-0.25, -0.2) is 4.79 Å². The normalized spacial score (nSPS) is 10.2. The highest BCUT2D eigenvalue weighted by Crippen LogP contribution is 2.17. The molecule has 0 aromatic carbocycles. The lowest BCUT2D eigenvalue weighted by molar-refractivity contribution is 0.0695. The Morgan fingerprint density at radius 2 is 2.15 bits per heavy atom. The zero-order valence-electron chi connectivity index (χ0n) is 10.9. The highest BCUT2D eigenvalue weighted by Gasteiger charge is 2.10. The molecular weight excluding hydrogens is 276 g/mol. The van der Waals surface area contributed by atoms with E-state index in [-0.39, 0.29) is 17.2 Å². The number of rotatable bonds is 5. The number of thiophene rings is 1. The quantitative estimate of drug-likeness (QED) is 0.885. The number of aromatic carboxylic acids is 1. The van der Waals surface area contributed by atoms with E-state index >= 15 is 0 Å². The number of carboxylic acids is 1. The third kappa shape index (κ3) is 3.21. The second-order valence-corrected chi connectivity index (χ2v) is 5.14. The summed E-state index contributed by atoms with van der Waals surface area (Å²) < 4.78 is 0. The maximum Gasteiger partial charge on any atom is 0.337 e. The Morgan fingerprint density at radius 1 is 1.35 bits per heavy atom. The number of carbonyl (C=O) groups excluding carboxylic acids is 1. The first kappa shape index (κ1) is 14.2. The number of aryl methyl sites for hydroxylation is 1. The van der Waals surface area contributed by atoms with E-state index in [4.69, 9.17) is 5.11 Å². The largest absolute Gasteiger partial charge is 0.478 e. The van der Waals surface area contributed by atoms with Crippen molar-refractivity contribution >= 4 is 23.2 Å². The van der Waals surface area contributed by atoms with Crippen LogP contribution in [-0.2, 0) is 13.0 Å². The summed E-state index contributed by atoms with van der Waals surface area (Å²) in [5, 5.41) is 13.5. The molecule has 0 saturated heterocycles. The van der Waals surface area contributed by atoms with Gasteiger partial charge in [0, 0.05) is 11.1 Å². The second-order valence-electron chi connectivity index (χ2n) is 4.14. The van der Waals surface area contributed by atoms with Crippen LogP contribution in [0, 0.1) is 0 Å². The minimum Gasteiger partial charge on any atom is -0.478 e. The van der Waals surface area contributed by atoms with E-state index in [1.54, 1.807) is 11.3 Å². The molecule has 2 N–H and O–H groups in total. The van der Waals surface area contributed by atoms with Gasteiger partial charge in [0.25, 0.3) is 5.91 Å². The zero-order chi connectivity index (χ0) is 14.5. The molecule has 0 aliphatic carbocycles. The number of hydrogen-bond donors (Lipinski definition) is 2. The number of pyridine rings is 1. The topological polar surface area (TPSA) is 79.3 Å². The Kier molecular flexibility index (Phi) is 4.47. The predicted octanol–water partition coefficient (Wildman–Crippen LogP) is 2.33. The van der Waals surface area contributed by atoms with Crippen LogP contribution in [0.3, 0.4) is 0 Å². The number of amides is 1. The molecule has 2 rings (SSSR count). The standard InChI is InChI=1S/C14H14N2O3S/c1-2-9-5-6-20-12(9)8-16-13(17)11-4-3-10(7-15-11)14(18)19/h3-7H,2,8H2,1H3,(H,16,17)(H,18,19).